The average molecular weight is 276 g/mol. The van der Waals surface area contributed by atoms with Gasteiger partial charge in [-0.2, -0.15) is 16.9 Å². The summed E-state index contributed by atoms with van der Waals surface area (Å²) >= 11 is 8.05. The predicted molar refractivity (Wildman–Crippen MR) is 71.5 cm³/mol. The number of thioether (sulfide) groups is 1. The highest BCUT2D eigenvalue weighted by Gasteiger charge is 2.27. The molecule has 2 heterocycles. The summed E-state index contributed by atoms with van der Waals surface area (Å²) in [6.07, 6.45) is 2.72. The van der Waals surface area contributed by atoms with E-state index in [1.165, 1.54) is 0 Å². The summed E-state index contributed by atoms with van der Waals surface area (Å²) in [4.78, 5) is 0. The third-order valence-corrected chi connectivity index (χ3v) is 4.14. The number of nitrogens with two attached hydrogens (primary N) is 1. The molecule has 1 aromatic heterocycles. The molecular weight excluding hydrogens is 258 g/mol. The standard InChI is InChI=1S/C11H18ClN3OS/c1-2-3-15-11(8(12)6-14-15)10(13)9-7-17-5-4-16-9/h6,9-10H,2-5,7,13H2,1H3. The quantitative estimate of drug-likeness (QED) is 0.914. The minimum Gasteiger partial charge on any atom is -0.374 e. The molecule has 1 saturated heterocycles. The van der Waals surface area contributed by atoms with E-state index >= 15 is 0 Å². The topological polar surface area (TPSA) is 53.1 Å². The monoisotopic (exact) mass is 275 g/mol. The number of aromatic nitrogens is 2. The van der Waals surface area contributed by atoms with Gasteiger partial charge in [0.25, 0.3) is 0 Å². The Hall–Kier alpha value is -0.230. The van der Waals surface area contributed by atoms with E-state index in [4.69, 9.17) is 22.1 Å². The fourth-order valence-corrected chi connectivity index (χ4v) is 3.17. The number of hydrogen-bond donors (Lipinski definition) is 1. The summed E-state index contributed by atoms with van der Waals surface area (Å²) in [6.45, 7) is 3.72. The first-order chi connectivity index (χ1) is 8.24. The van der Waals surface area contributed by atoms with Crippen LogP contribution in [-0.2, 0) is 11.3 Å². The van der Waals surface area contributed by atoms with Crippen molar-refractivity contribution in [2.75, 3.05) is 18.1 Å². The van der Waals surface area contributed by atoms with Crippen molar-refractivity contribution in [1.82, 2.24) is 9.78 Å². The molecule has 0 aliphatic carbocycles. The number of ether oxygens (including phenoxy) is 1. The number of rotatable bonds is 4. The predicted octanol–water partition coefficient (Wildman–Crippen LogP) is 2.08. The molecule has 0 bridgehead atoms. The lowest BCUT2D eigenvalue weighted by Gasteiger charge is -2.28. The summed E-state index contributed by atoms with van der Waals surface area (Å²) in [5.41, 5.74) is 7.17. The third-order valence-electron chi connectivity index (χ3n) is 2.83. The molecule has 2 N–H and O–H groups in total. The lowest BCUT2D eigenvalue weighted by Crippen LogP contribution is -2.36. The van der Waals surface area contributed by atoms with Gasteiger partial charge in [-0.3, -0.25) is 4.68 Å². The van der Waals surface area contributed by atoms with E-state index in [1.807, 2.05) is 16.4 Å². The second kappa shape index (κ2) is 6.09. The molecule has 2 unspecified atom stereocenters. The maximum absolute atomic E-state index is 6.26. The van der Waals surface area contributed by atoms with Crippen molar-refractivity contribution < 1.29 is 4.74 Å². The van der Waals surface area contributed by atoms with Crippen LogP contribution in [0, 0.1) is 0 Å². The summed E-state index contributed by atoms with van der Waals surface area (Å²) in [7, 11) is 0. The van der Waals surface area contributed by atoms with Gasteiger partial charge >= 0.3 is 0 Å². The fraction of sp³-hybridized carbons (Fsp3) is 0.727. The first kappa shape index (κ1) is 13.2. The number of hydrogen-bond acceptors (Lipinski definition) is 4. The number of nitrogens with zero attached hydrogens (tertiary/aromatic N) is 2. The summed E-state index contributed by atoms with van der Waals surface area (Å²) in [5.74, 6) is 1.97. The molecule has 0 amide bonds. The SMILES string of the molecule is CCCn1ncc(Cl)c1C(N)C1CSCCO1. The number of halogens is 1. The van der Waals surface area contributed by atoms with Gasteiger partial charge < -0.3 is 10.5 Å². The highest BCUT2D eigenvalue weighted by atomic mass is 35.5. The molecule has 2 rings (SSSR count). The summed E-state index contributed by atoms with van der Waals surface area (Å²) in [5, 5.41) is 4.91. The third kappa shape index (κ3) is 2.96. The molecule has 0 spiro atoms. The Bertz CT molecular complexity index is 366. The van der Waals surface area contributed by atoms with Gasteiger partial charge in [-0.15, -0.1) is 0 Å². The maximum atomic E-state index is 6.26. The Kier molecular flexibility index (Phi) is 4.73. The Labute approximate surface area is 111 Å². The highest BCUT2D eigenvalue weighted by Crippen LogP contribution is 2.28. The van der Waals surface area contributed by atoms with Crippen LogP contribution < -0.4 is 5.73 Å². The van der Waals surface area contributed by atoms with Gasteiger partial charge in [0.15, 0.2) is 0 Å². The van der Waals surface area contributed by atoms with Crippen LogP contribution in [-0.4, -0.2) is 34.0 Å². The molecule has 1 fully saturated rings. The van der Waals surface area contributed by atoms with Crippen LogP contribution >= 0.6 is 23.4 Å². The average Bonchev–Trinajstić information content (AvgIpc) is 2.71. The Morgan fingerprint density at radius 3 is 3.24 bits per heavy atom. The molecule has 0 radical (unpaired) electrons. The van der Waals surface area contributed by atoms with E-state index in [-0.39, 0.29) is 12.1 Å². The fourth-order valence-electron chi connectivity index (χ4n) is 1.98. The van der Waals surface area contributed by atoms with Gasteiger partial charge in [0.05, 0.1) is 35.7 Å². The molecule has 17 heavy (non-hydrogen) atoms. The molecule has 96 valence electrons. The normalized spacial score (nSPS) is 22.6. The van der Waals surface area contributed by atoms with Crippen molar-refractivity contribution in [2.45, 2.75) is 32.0 Å². The highest BCUT2D eigenvalue weighted by molar-refractivity contribution is 7.99. The van der Waals surface area contributed by atoms with E-state index in [0.717, 1.165) is 36.8 Å². The van der Waals surface area contributed by atoms with Crippen molar-refractivity contribution in [1.29, 1.82) is 0 Å². The summed E-state index contributed by atoms with van der Waals surface area (Å²) < 4.78 is 7.60. The van der Waals surface area contributed by atoms with Crippen molar-refractivity contribution in [2.24, 2.45) is 5.73 Å². The molecule has 4 nitrogen and oxygen atoms in total. The first-order valence-corrected chi connectivity index (χ1v) is 7.43. The molecule has 1 aromatic rings. The van der Waals surface area contributed by atoms with Crippen LogP contribution in [0.1, 0.15) is 25.1 Å². The maximum Gasteiger partial charge on any atom is 0.0873 e. The van der Waals surface area contributed by atoms with Gasteiger partial charge in [-0.05, 0) is 6.42 Å². The van der Waals surface area contributed by atoms with Gasteiger partial charge in [0.1, 0.15) is 0 Å². The van der Waals surface area contributed by atoms with Crippen LogP contribution in [0.25, 0.3) is 0 Å². The zero-order valence-corrected chi connectivity index (χ0v) is 11.5. The van der Waals surface area contributed by atoms with E-state index in [9.17, 15) is 0 Å². The molecule has 0 aromatic carbocycles. The Morgan fingerprint density at radius 2 is 2.59 bits per heavy atom. The zero-order chi connectivity index (χ0) is 12.3. The van der Waals surface area contributed by atoms with Gasteiger partial charge in [0.2, 0.25) is 0 Å². The number of aryl methyl sites for hydroxylation is 1. The lowest BCUT2D eigenvalue weighted by atomic mass is 10.1. The van der Waals surface area contributed by atoms with Crippen LogP contribution in [0.15, 0.2) is 6.20 Å². The molecule has 0 saturated carbocycles. The van der Waals surface area contributed by atoms with E-state index < -0.39 is 0 Å². The van der Waals surface area contributed by atoms with Crippen molar-refractivity contribution in [3.05, 3.63) is 16.9 Å². The largest absolute Gasteiger partial charge is 0.374 e. The molecule has 6 heteroatoms. The summed E-state index contributed by atoms with van der Waals surface area (Å²) in [6, 6.07) is -0.190. The zero-order valence-electron chi connectivity index (χ0n) is 9.93. The van der Waals surface area contributed by atoms with Gasteiger partial charge in [-0.1, -0.05) is 18.5 Å². The van der Waals surface area contributed by atoms with Crippen LogP contribution in [0.3, 0.4) is 0 Å². The van der Waals surface area contributed by atoms with Crippen molar-refractivity contribution in [3.63, 3.8) is 0 Å². The molecular formula is C11H18ClN3OS. The minimum atomic E-state index is -0.190. The van der Waals surface area contributed by atoms with Gasteiger partial charge in [0, 0.05) is 18.1 Å². The smallest absolute Gasteiger partial charge is 0.0873 e. The minimum absolute atomic E-state index is 0.0403. The second-order valence-corrected chi connectivity index (χ2v) is 5.67. The Morgan fingerprint density at radius 1 is 1.76 bits per heavy atom. The van der Waals surface area contributed by atoms with Gasteiger partial charge in [-0.25, -0.2) is 0 Å². The van der Waals surface area contributed by atoms with E-state index in [1.54, 1.807) is 6.20 Å². The van der Waals surface area contributed by atoms with Crippen molar-refractivity contribution >= 4 is 23.4 Å². The van der Waals surface area contributed by atoms with Crippen molar-refractivity contribution in [3.8, 4) is 0 Å². The van der Waals surface area contributed by atoms with Crippen LogP contribution in [0.5, 0.6) is 0 Å². The van der Waals surface area contributed by atoms with Crippen LogP contribution in [0.4, 0.5) is 0 Å². The molecule has 1 aliphatic rings. The second-order valence-electron chi connectivity index (χ2n) is 4.11. The molecule has 1 aliphatic heterocycles. The molecule has 2 atom stereocenters. The lowest BCUT2D eigenvalue weighted by molar-refractivity contribution is 0.0548. The van der Waals surface area contributed by atoms with Crippen LogP contribution in [0.2, 0.25) is 5.02 Å². The van der Waals surface area contributed by atoms with E-state index in [2.05, 4.69) is 12.0 Å². The van der Waals surface area contributed by atoms with E-state index in [0.29, 0.717) is 5.02 Å². The Balaban J connectivity index is 2.16. The first-order valence-electron chi connectivity index (χ1n) is 5.90.